The minimum absolute atomic E-state index is 0.0547. The van der Waals surface area contributed by atoms with Crippen molar-refractivity contribution < 1.29 is 18.0 Å². The van der Waals surface area contributed by atoms with Gasteiger partial charge >= 0.3 is 6.18 Å². The molecule has 2 N–H and O–H groups in total. The molecular weight excluding hydrogens is 379 g/mol. The van der Waals surface area contributed by atoms with Crippen LogP contribution < -0.4 is 5.32 Å². The zero-order valence-electron chi connectivity index (χ0n) is 15.3. The molecule has 3 aromatic carbocycles. The van der Waals surface area contributed by atoms with Crippen LogP contribution in [-0.2, 0) is 6.18 Å². The normalized spacial score (nSPS) is 11.6. The van der Waals surface area contributed by atoms with Crippen molar-refractivity contribution in [3.63, 3.8) is 0 Å². The van der Waals surface area contributed by atoms with Crippen LogP contribution in [0.25, 0.3) is 22.0 Å². The lowest BCUT2D eigenvalue weighted by molar-refractivity contribution is -0.136. The number of nitrogens with zero attached hydrogens (tertiary/aromatic N) is 1. The minimum atomic E-state index is -4.52. The van der Waals surface area contributed by atoms with E-state index in [2.05, 4.69) is 15.5 Å². The Morgan fingerprint density at radius 3 is 2.38 bits per heavy atom. The van der Waals surface area contributed by atoms with Crippen LogP contribution in [0.2, 0.25) is 0 Å². The summed E-state index contributed by atoms with van der Waals surface area (Å²) in [6.07, 6.45) is -4.52. The predicted octanol–water partition coefficient (Wildman–Crippen LogP) is 5.81. The summed E-state index contributed by atoms with van der Waals surface area (Å²) < 4.78 is 39.4. The van der Waals surface area contributed by atoms with Gasteiger partial charge < -0.3 is 5.32 Å². The average Bonchev–Trinajstić information content (AvgIpc) is 3.10. The predicted molar refractivity (Wildman–Crippen MR) is 106 cm³/mol. The Bertz CT molecular complexity index is 1190. The molecule has 0 radical (unpaired) electrons. The number of H-pyrrole nitrogens is 1. The lowest BCUT2D eigenvalue weighted by Gasteiger charge is -2.08. The van der Waals surface area contributed by atoms with E-state index in [1.54, 1.807) is 12.1 Å². The summed E-state index contributed by atoms with van der Waals surface area (Å²) in [6.45, 7) is 2.01. The maximum Gasteiger partial charge on any atom is 0.418 e. The number of aromatic amines is 1. The molecule has 4 nitrogen and oxygen atoms in total. The van der Waals surface area contributed by atoms with Gasteiger partial charge in [-0.05, 0) is 47.9 Å². The van der Waals surface area contributed by atoms with Crippen molar-refractivity contribution in [1.29, 1.82) is 0 Å². The third-order valence-corrected chi connectivity index (χ3v) is 4.74. The highest BCUT2D eigenvalue weighted by Gasteiger charge is 2.33. The Hall–Kier alpha value is -3.61. The van der Waals surface area contributed by atoms with Gasteiger partial charge in [0.05, 0.1) is 11.1 Å². The van der Waals surface area contributed by atoms with Crippen LogP contribution in [0.15, 0.2) is 66.7 Å². The lowest BCUT2D eigenvalue weighted by Crippen LogP contribution is -2.12. The van der Waals surface area contributed by atoms with E-state index in [0.717, 1.165) is 22.8 Å². The number of para-hydroxylation sites is 1. The molecular formula is C22H16F3N3O. The number of carbonyl (C=O) groups is 1. The molecule has 0 atom stereocenters. The number of benzene rings is 3. The number of nitrogens with one attached hydrogen (secondary N) is 2. The second kappa shape index (κ2) is 7.09. The summed E-state index contributed by atoms with van der Waals surface area (Å²) in [5.74, 6) is -0.397. The first-order valence-corrected chi connectivity index (χ1v) is 8.86. The number of rotatable bonds is 3. The summed E-state index contributed by atoms with van der Waals surface area (Å²) in [5.41, 5.74) is 2.55. The smallest absolute Gasteiger partial charge is 0.305 e. The molecule has 0 aliphatic rings. The lowest BCUT2D eigenvalue weighted by atomic mass is 9.99. The molecule has 0 spiro atoms. The maximum absolute atomic E-state index is 13.1. The molecule has 0 fully saturated rings. The van der Waals surface area contributed by atoms with Crippen molar-refractivity contribution in [1.82, 2.24) is 10.2 Å². The van der Waals surface area contributed by atoms with Crippen molar-refractivity contribution in [3.8, 4) is 11.1 Å². The van der Waals surface area contributed by atoms with Gasteiger partial charge in [-0.25, -0.2) is 0 Å². The van der Waals surface area contributed by atoms with Crippen LogP contribution in [0, 0.1) is 6.92 Å². The van der Waals surface area contributed by atoms with Crippen molar-refractivity contribution in [2.45, 2.75) is 13.1 Å². The van der Waals surface area contributed by atoms with E-state index in [1.165, 1.54) is 12.1 Å². The van der Waals surface area contributed by atoms with Crippen molar-refractivity contribution in [2.24, 2.45) is 0 Å². The van der Waals surface area contributed by atoms with E-state index in [4.69, 9.17) is 0 Å². The Balaban J connectivity index is 1.60. The molecule has 7 heteroatoms. The number of anilines is 1. The van der Waals surface area contributed by atoms with E-state index >= 15 is 0 Å². The zero-order valence-corrected chi connectivity index (χ0v) is 15.3. The topological polar surface area (TPSA) is 57.8 Å². The van der Waals surface area contributed by atoms with E-state index in [-0.39, 0.29) is 16.7 Å². The molecule has 0 bridgehead atoms. The Kier molecular flexibility index (Phi) is 4.58. The number of alkyl halides is 3. The number of aromatic nitrogens is 2. The van der Waals surface area contributed by atoms with Gasteiger partial charge in [0, 0.05) is 10.9 Å². The molecule has 4 aromatic rings. The van der Waals surface area contributed by atoms with Gasteiger partial charge in [0.1, 0.15) is 0 Å². The van der Waals surface area contributed by atoms with Crippen LogP contribution >= 0.6 is 0 Å². The molecule has 4 rings (SSSR count). The highest BCUT2D eigenvalue weighted by Crippen LogP contribution is 2.35. The van der Waals surface area contributed by atoms with Crippen molar-refractivity contribution in [2.75, 3.05) is 5.32 Å². The highest BCUT2D eigenvalue weighted by atomic mass is 19.4. The molecule has 0 saturated carbocycles. The van der Waals surface area contributed by atoms with Crippen LogP contribution in [0.1, 0.15) is 21.5 Å². The molecule has 0 saturated heterocycles. The summed E-state index contributed by atoms with van der Waals surface area (Å²) in [4.78, 5) is 12.6. The number of amides is 1. The quantitative estimate of drug-likeness (QED) is 0.460. The first kappa shape index (κ1) is 18.7. The fourth-order valence-corrected chi connectivity index (χ4v) is 3.25. The number of aryl methyl sites for hydroxylation is 1. The third kappa shape index (κ3) is 3.59. The Morgan fingerprint density at radius 1 is 0.966 bits per heavy atom. The molecule has 1 heterocycles. The third-order valence-electron chi connectivity index (χ3n) is 4.74. The van der Waals surface area contributed by atoms with Gasteiger partial charge in [0.25, 0.3) is 5.91 Å². The van der Waals surface area contributed by atoms with E-state index in [9.17, 15) is 18.0 Å². The fourth-order valence-electron chi connectivity index (χ4n) is 3.25. The molecule has 0 unspecified atom stereocenters. The zero-order chi connectivity index (χ0) is 20.6. The average molecular weight is 395 g/mol. The van der Waals surface area contributed by atoms with E-state index < -0.39 is 17.6 Å². The molecule has 0 aliphatic heterocycles. The fraction of sp³-hybridized carbons (Fsp3) is 0.0909. The summed E-state index contributed by atoms with van der Waals surface area (Å²) >= 11 is 0. The molecule has 146 valence electrons. The number of hydrogen-bond acceptors (Lipinski definition) is 2. The van der Waals surface area contributed by atoms with Gasteiger partial charge in [0.2, 0.25) is 0 Å². The van der Waals surface area contributed by atoms with Crippen LogP contribution in [0.3, 0.4) is 0 Å². The highest BCUT2D eigenvalue weighted by molar-refractivity contribution is 6.08. The number of carbonyl (C=O) groups excluding carboxylic acids is 1. The van der Waals surface area contributed by atoms with Crippen LogP contribution in [0.4, 0.5) is 19.0 Å². The van der Waals surface area contributed by atoms with Crippen molar-refractivity contribution in [3.05, 3.63) is 83.4 Å². The van der Waals surface area contributed by atoms with Crippen LogP contribution in [0.5, 0.6) is 0 Å². The molecule has 1 amide bonds. The standard InChI is InChI=1S/C22H16F3N3O/c1-13-5-2-3-6-16(13)14-9-11-15(12-10-14)21(29)26-20-17-7-4-8-18(22(23,24)25)19(17)27-28-20/h2-12H,1H3,(H2,26,27,28,29). The Labute approximate surface area is 164 Å². The van der Waals surface area contributed by atoms with Gasteiger partial charge in [-0.3, -0.25) is 9.89 Å². The van der Waals surface area contributed by atoms with Crippen molar-refractivity contribution >= 4 is 22.6 Å². The summed E-state index contributed by atoms with van der Waals surface area (Å²) in [7, 11) is 0. The van der Waals surface area contributed by atoms with E-state index in [0.29, 0.717) is 5.56 Å². The monoisotopic (exact) mass is 395 g/mol. The molecule has 1 aromatic heterocycles. The summed E-state index contributed by atoms with van der Waals surface area (Å²) in [5, 5.41) is 9.01. The first-order chi connectivity index (χ1) is 13.8. The van der Waals surface area contributed by atoms with Gasteiger partial charge in [-0.1, -0.05) is 42.5 Å². The number of hydrogen-bond donors (Lipinski definition) is 2. The second-order valence-corrected chi connectivity index (χ2v) is 6.64. The first-order valence-electron chi connectivity index (χ1n) is 8.86. The van der Waals surface area contributed by atoms with Crippen LogP contribution in [-0.4, -0.2) is 16.1 Å². The second-order valence-electron chi connectivity index (χ2n) is 6.64. The van der Waals surface area contributed by atoms with Gasteiger partial charge in [-0.15, -0.1) is 0 Å². The summed E-state index contributed by atoms with van der Waals surface area (Å²) in [6, 6.07) is 18.7. The number of halogens is 3. The Morgan fingerprint density at radius 2 is 1.69 bits per heavy atom. The molecule has 0 aliphatic carbocycles. The minimum Gasteiger partial charge on any atom is -0.305 e. The van der Waals surface area contributed by atoms with E-state index in [1.807, 2.05) is 43.3 Å². The maximum atomic E-state index is 13.1. The number of fused-ring (bicyclic) bond motifs is 1. The SMILES string of the molecule is Cc1ccccc1-c1ccc(C(=O)Nc2n[nH]c3c(C(F)(F)F)cccc23)cc1. The van der Waals surface area contributed by atoms with Gasteiger partial charge in [-0.2, -0.15) is 18.3 Å². The van der Waals surface area contributed by atoms with Gasteiger partial charge in [0.15, 0.2) is 5.82 Å². The molecule has 29 heavy (non-hydrogen) atoms. The largest absolute Gasteiger partial charge is 0.418 e.